The smallest absolute Gasteiger partial charge is 0.337 e. The molecule has 4 aromatic heterocycles. The highest BCUT2D eigenvalue weighted by Crippen LogP contribution is 2.30. The predicted molar refractivity (Wildman–Crippen MR) is 134 cm³/mol. The first-order valence-electron chi connectivity index (χ1n) is 11.3. The Kier molecular flexibility index (Phi) is 6.04. The molecule has 0 saturated carbocycles. The number of nitrogens with zero attached hydrogens (tertiary/aromatic N) is 6. The van der Waals surface area contributed by atoms with E-state index in [4.69, 9.17) is 5.11 Å². The summed E-state index contributed by atoms with van der Waals surface area (Å²) in [5, 5.41) is 11.9. The van der Waals surface area contributed by atoms with Gasteiger partial charge >= 0.3 is 5.97 Å². The average molecular weight is 501 g/mol. The monoisotopic (exact) mass is 501 g/mol. The minimum Gasteiger partial charge on any atom is -0.478 e. The van der Waals surface area contributed by atoms with Gasteiger partial charge in [-0.2, -0.15) is 0 Å². The summed E-state index contributed by atoms with van der Waals surface area (Å²) in [4.78, 5) is 32.0. The number of aromatic nitrogens is 6. The van der Waals surface area contributed by atoms with Gasteiger partial charge in [-0.1, -0.05) is 0 Å². The van der Waals surface area contributed by atoms with Crippen LogP contribution in [0.1, 0.15) is 36.1 Å². The lowest BCUT2D eigenvalue weighted by Crippen LogP contribution is -2.04. The van der Waals surface area contributed by atoms with Crippen LogP contribution in [0.4, 0.5) is 20.5 Å². The van der Waals surface area contributed by atoms with Gasteiger partial charge in [0.1, 0.15) is 22.9 Å². The number of aryl methyl sites for hydroxylation is 1. The molecular weight excluding hydrogens is 480 g/mol. The molecule has 5 rings (SSSR count). The molecule has 4 heterocycles. The third-order valence-corrected chi connectivity index (χ3v) is 5.77. The number of carbonyl (C=O) groups is 1. The van der Waals surface area contributed by atoms with Crippen LogP contribution < -0.4 is 5.32 Å². The minimum absolute atomic E-state index is 0.0338. The summed E-state index contributed by atoms with van der Waals surface area (Å²) in [6.07, 6.45) is 3.83. The molecule has 0 unspecified atom stereocenters. The average Bonchev–Trinajstić information content (AvgIpc) is 3.22. The number of aromatic carboxylic acids is 1. The first-order chi connectivity index (χ1) is 17.7. The van der Waals surface area contributed by atoms with Gasteiger partial charge in [-0.05, 0) is 57.2 Å². The first-order valence-corrected chi connectivity index (χ1v) is 11.3. The molecule has 2 N–H and O–H groups in total. The highest BCUT2D eigenvalue weighted by molar-refractivity contribution is 5.87. The SMILES string of the molecule is Cc1nc2c(F)cc(-c3nc(Nc4ccc(-c5ccc(C(=O)O)cn5)cn4)ncc3F)cc2n1C(C)C. The van der Waals surface area contributed by atoms with Crippen LogP contribution in [-0.4, -0.2) is 40.6 Å². The summed E-state index contributed by atoms with van der Waals surface area (Å²) >= 11 is 0. The van der Waals surface area contributed by atoms with E-state index >= 15 is 0 Å². The van der Waals surface area contributed by atoms with Crippen molar-refractivity contribution in [2.24, 2.45) is 0 Å². The molecular formula is C26H21F2N7O2. The van der Waals surface area contributed by atoms with Crippen molar-refractivity contribution in [2.75, 3.05) is 5.32 Å². The van der Waals surface area contributed by atoms with Crippen molar-refractivity contribution in [1.29, 1.82) is 0 Å². The first kappa shape index (κ1) is 23.9. The number of carboxylic acids is 1. The number of benzene rings is 1. The van der Waals surface area contributed by atoms with Crippen LogP contribution in [0.3, 0.4) is 0 Å². The molecule has 1 aromatic carbocycles. The molecule has 186 valence electrons. The van der Waals surface area contributed by atoms with Crippen molar-refractivity contribution in [3.63, 3.8) is 0 Å². The second-order valence-corrected chi connectivity index (χ2v) is 8.63. The van der Waals surface area contributed by atoms with Gasteiger partial charge in [-0.25, -0.2) is 33.5 Å². The van der Waals surface area contributed by atoms with Crippen molar-refractivity contribution < 1.29 is 18.7 Å². The number of nitrogens with one attached hydrogen (secondary N) is 1. The van der Waals surface area contributed by atoms with E-state index in [0.29, 0.717) is 28.4 Å². The van der Waals surface area contributed by atoms with Crippen LogP contribution in [0.5, 0.6) is 0 Å². The lowest BCUT2D eigenvalue weighted by molar-refractivity contribution is 0.0696. The van der Waals surface area contributed by atoms with Crippen molar-refractivity contribution in [2.45, 2.75) is 26.8 Å². The molecule has 0 amide bonds. The van der Waals surface area contributed by atoms with Crippen molar-refractivity contribution >= 4 is 28.8 Å². The van der Waals surface area contributed by atoms with Gasteiger partial charge in [0.25, 0.3) is 0 Å². The second kappa shape index (κ2) is 9.34. The molecule has 0 atom stereocenters. The zero-order valence-electron chi connectivity index (χ0n) is 20.1. The zero-order chi connectivity index (χ0) is 26.3. The molecule has 0 saturated heterocycles. The van der Waals surface area contributed by atoms with Crippen LogP contribution >= 0.6 is 0 Å². The van der Waals surface area contributed by atoms with E-state index < -0.39 is 17.6 Å². The zero-order valence-corrected chi connectivity index (χ0v) is 20.1. The standard InChI is InChI=1S/C26H21F2N7O2/c1-13(2)35-14(3)32-24-18(27)8-17(9-21(24)35)23-19(28)12-31-26(34-23)33-22-7-5-15(10-30-22)20-6-4-16(11-29-20)25(36)37/h4-13H,1-3H3,(H,36,37)(H,30,31,33,34). The maximum atomic E-state index is 14.9. The summed E-state index contributed by atoms with van der Waals surface area (Å²) < 4.78 is 31.5. The number of carboxylic acid groups (broad SMARTS) is 1. The summed E-state index contributed by atoms with van der Waals surface area (Å²) in [6, 6.07) is 9.36. The quantitative estimate of drug-likeness (QED) is 0.310. The molecule has 0 spiro atoms. The second-order valence-electron chi connectivity index (χ2n) is 8.63. The van der Waals surface area contributed by atoms with Gasteiger partial charge in [0.05, 0.1) is 23.0 Å². The largest absolute Gasteiger partial charge is 0.478 e. The Morgan fingerprint density at radius 1 is 0.946 bits per heavy atom. The number of halogens is 2. The Morgan fingerprint density at radius 3 is 2.41 bits per heavy atom. The number of pyridine rings is 2. The third kappa shape index (κ3) is 4.58. The Labute approximate surface area is 209 Å². The van der Waals surface area contributed by atoms with Gasteiger partial charge < -0.3 is 15.0 Å². The summed E-state index contributed by atoms with van der Waals surface area (Å²) in [5.74, 6) is -1.19. The predicted octanol–water partition coefficient (Wildman–Crippen LogP) is 5.56. The number of hydrogen-bond donors (Lipinski definition) is 2. The van der Waals surface area contributed by atoms with E-state index in [2.05, 4.69) is 30.2 Å². The van der Waals surface area contributed by atoms with Crippen LogP contribution in [0, 0.1) is 18.6 Å². The van der Waals surface area contributed by atoms with E-state index in [0.717, 1.165) is 6.20 Å². The van der Waals surface area contributed by atoms with Gasteiger partial charge in [0.15, 0.2) is 11.6 Å². The van der Waals surface area contributed by atoms with Crippen LogP contribution in [0.25, 0.3) is 33.5 Å². The molecule has 0 radical (unpaired) electrons. The number of imidazole rings is 1. The Morgan fingerprint density at radius 2 is 1.76 bits per heavy atom. The molecule has 5 aromatic rings. The van der Waals surface area contributed by atoms with Gasteiger partial charge in [-0.15, -0.1) is 0 Å². The highest BCUT2D eigenvalue weighted by atomic mass is 19.1. The van der Waals surface area contributed by atoms with E-state index in [1.54, 1.807) is 37.4 Å². The lowest BCUT2D eigenvalue weighted by Gasteiger charge is -2.12. The maximum Gasteiger partial charge on any atom is 0.337 e. The van der Waals surface area contributed by atoms with E-state index in [1.807, 2.05) is 18.4 Å². The van der Waals surface area contributed by atoms with E-state index in [-0.39, 0.29) is 34.3 Å². The summed E-state index contributed by atoms with van der Waals surface area (Å²) in [7, 11) is 0. The maximum absolute atomic E-state index is 14.9. The van der Waals surface area contributed by atoms with Crippen LogP contribution in [0.2, 0.25) is 0 Å². The highest BCUT2D eigenvalue weighted by Gasteiger charge is 2.18. The Bertz CT molecular complexity index is 1630. The number of rotatable bonds is 6. The lowest BCUT2D eigenvalue weighted by atomic mass is 10.1. The number of hydrogen-bond acceptors (Lipinski definition) is 7. The van der Waals surface area contributed by atoms with Gasteiger partial charge in [0.2, 0.25) is 5.95 Å². The Hall–Kier alpha value is -4.80. The molecule has 37 heavy (non-hydrogen) atoms. The third-order valence-electron chi connectivity index (χ3n) is 5.77. The van der Waals surface area contributed by atoms with Gasteiger partial charge in [-0.3, -0.25) is 4.98 Å². The molecule has 0 fully saturated rings. The summed E-state index contributed by atoms with van der Waals surface area (Å²) in [5.41, 5.74) is 2.28. The molecule has 0 aliphatic carbocycles. The van der Waals surface area contributed by atoms with E-state index in [1.165, 1.54) is 18.3 Å². The number of fused-ring (bicyclic) bond motifs is 1. The normalized spacial score (nSPS) is 11.3. The van der Waals surface area contributed by atoms with Crippen LogP contribution in [0.15, 0.2) is 55.0 Å². The molecule has 11 heteroatoms. The molecule has 0 aliphatic rings. The number of anilines is 2. The van der Waals surface area contributed by atoms with Crippen molar-refractivity contribution in [1.82, 2.24) is 29.5 Å². The van der Waals surface area contributed by atoms with Crippen molar-refractivity contribution in [3.05, 3.63) is 78.0 Å². The van der Waals surface area contributed by atoms with E-state index in [9.17, 15) is 13.6 Å². The molecule has 0 aliphatic heterocycles. The molecule has 9 nitrogen and oxygen atoms in total. The fourth-order valence-corrected chi connectivity index (χ4v) is 4.11. The van der Waals surface area contributed by atoms with Crippen molar-refractivity contribution in [3.8, 4) is 22.5 Å². The summed E-state index contributed by atoms with van der Waals surface area (Å²) in [6.45, 7) is 5.72. The minimum atomic E-state index is -1.06. The Balaban J connectivity index is 1.44. The van der Waals surface area contributed by atoms with Crippen LogP contribution in [-0.2, 0) is 0 Å². The fourth-order valence-electron chi connectivity index (χ4n) is 4.11. The topological polar surface area (TPSA) is 119 Å². The molecule has 0 bridgehead atoms. The van der Waals surface area contributed by atoms with Gasteiger partial charge in [0, 0.05) is 29.6 Å². The fraction of sp³-hybridized carbons (Fsp3) is 0.154.